The molecule has 2 aromatic rings. The SMILES string of the molecule is CCCc1cc2c(F)ccc(C)c2nc1NN. The van der Waals surface area contributed by atoms with E-state index in [0.29, 0.717) is 16.7 Å². The molecule has 0 aliphatic carbocycles. The zero-order valence-electron chi connectivity index (χ0n) is 10.0. The maximum atomic E-state index is 13.7. The number of nitrogens with zero attached hydrogens (tertiary/aromatic N) is 1. The van der Waals surface area contributed by atoms with Crippen molar-refractivity contribution < 1.29 is 4.39 Å². The number of hydrazine groups is 1. The Kier molecular flexibility index (Phi) is 3.24. The van der Waals surface area contributed by atoms with Gasteiger partial charge in [-0.1, -0.05) is 19.4 Å². The number of nitrogens with two attached hydrogens (primary N) is 1. The number of halogens is 1. The van der Waals surface area contributed by atoms with E-state index < -0.39 is 0 Å². The fourth-order valence-electron chi connectivity index (χ4n) is 1.99. The third-order valence-corrected chi connectivity index (χ3v) is 2.87. The van der Waals surface area contributed by atoms with E-state index in [1.165, 1.54) is 6.07 Å². The van der Waals surface area contributed by atoms with E-state index in [1.807, 2.05) is 13.0 Å². The van der Waals surface area contributed by atoms with Crippen LogP contribution in [0.4, 0.5) is 10.2 Å². The molecule has 4 heteroatoms. The van der Waals surface area contributed by atoms with Gasteiger partial charge in [-0.2, -0.15) is 0 Å². The number of hydrogen-bond donors (Lipinski definition) is 2. The lowest BCUT2D eigenvalue weighted by Crippen LogP contribution is -2.11. The highest BCUT2D eigenvalue weighted by Gasteiger charge is 2.10. The van der Waals surface area contributed by atoms with Crippen molar-refractivity contribution in [1.82, 2.24) is 4.98 Å². The van der Waals surface area contributed by atoms with E-state index in [-0.39, 0.29) is 5.82 Å². The number of aromatic nitrogens is 1. The number of anilines is 1. The molecule has 0 bridgehead atoms. The third-order valence-electron chi connectivity index (χ3n) is 2.87. The topological polar surface area (TPSA) is 50.9 Å². The number of rotatable bonds is 3. The third kappa shape index (κ3) is 2.08. The van der Waals surface area contributed by atoms with Gasteiger partial charge in [0.05, 0.1) is 5.52 Å². The number of nitrogens with one attached hydrogen (secondary N) is 1. The highest BCUT2D eigenvalue weighted by Crippen LogP contribution is 2.25. The second kappa shape index (κ2) is 4.67. The molecule has 17 heavy (non-hydrogen) atoms. The van der Waals surface area contributed by atoms with Crippen LogP contribution >= 0.6 is 0 Å². The molecular formula is C13H16FN3. The van der Waals surface area contributed by atoms with Crippen molar-refractivity contribution in [3.63, 3.8) is 0 Å². The van der Waals surface area contributed by atoms with E-state index >= 15 is 0 Å². The number of aryl methyl sites for hydroxylation is 2. The molecule has 1 aromatic carbocycles. The molecule has 0 radical (unpaired) electrons. The van der Waals surface area contributed by atoms with E-state index in [2.05, 4.69) is 17.3 Å². The summed E-state index contributed by atoms with van der Waals surface area (Å²) in [4.78, 5) is 4.40. The van der Waals surface area contributed by atoms with Gasteiger partial charge in [-0.05, 0) is 36.6 Å². The largest absolute Gasteiger partial charge is 0.308 e. The number of hydrogen-bond acceptors (Lipinski definition) is 3. The number of benzene rings is 1. The number of pyridine rings is 1. The van der Waals surface area contributed by atoms with Crippen molar-refractivity contribution in [3.05, 3.63) is 35.1 Å². The lowest BCUT2D eigenvalue weighted by molar-refractivity contribution is 0.639. The molecule has 1 heterocycles. The smallest absolute Gasteiger partial charge is 0.143 e. The first kappa shape index (κ1) is 11.8. The Balaban J connectivity index is 2.73. The first-order valence-corrected chi connectivity index (χ1v) is 5.72. The summed E-state index contributed by atoms with van der Waals surface area (Å²) in [6, 6.07) is 5.04. The van der Waals surface area contributed by atoms with Gasteiger partial charge >= 0.3 is 0 Å². The Hall–Kier alpha value is -1.68. The summed E-state index contributed by atoms with van der Waals surface area (Å²) in [5.74, 6) is 5.85. The van der Waals surface area contributed by atoms with Crippen molar-refractivity contribution in [1.29, 1.82) is 0 Å². The molecule has 0 aliphatic heterocycles. The fraction of sp³-hybridized carbons (Fsp3) is 0.308. The molecule has 0 amide bonds. The molecule has 0 atom stereocenters. The van der Waals surface area contributed by atoms with Gasteiger partial charge in [0.2, 0.25) is 0 Å². The molecule has 90 valence electrons. The molecule has 2 rings (SSSR count). The van der Waals surface area contributed by atoms with Crippen LogP contribution in [0.15, 0.2) is 18.2 Å². The predicted molar refractivity (Wildman–Crippen MR) is 68.2 cm³/mol. The van der Waals surface area contributed by atoms with Gasteiger partial charge in [0.25, 0.3) is 0 Å². The molecule has 0 saturated heterocycles. The maximum absolute atomic E-state index is 13.7. The van der Waals surface area contributed by atoms with Crippen LogP contribution < -0.4 is 11.3 Å². The van der Waals surface area contributed by atoms with Gasteiger partial charge in [0.1, 0.15) is 11.6 Å². The summed E-state index contributed by atoms with van der Waals surface area (Å²) in [5.41, 5.74) is 5.15. The summed E-state index contributed by atoms with van der Waals surface area (Å²) in [7, 11) is 0. The Morgan fingerprint density at radius 3 is 2.82 bits per heavy atom. The van der Waals surface area contributed by atoms with Crippen LogP contribution in [0.5, 0.6) is 0 Å². The van der Waals surface area contributed by atoms with Crippen molar-refractivity contribution in [2.45, 2.75) is 26.7 Å². The molecule has 3 nitrogen and oxygen atoms in total. The Labute approximate surface area is 99.8 Å². The van der Waals surface area contributed by atoms with E-state index in [1.54, 1.807) is 6.07 Å². The molecule has 3 N–H and O–H groups in total. The Bertz CT molecular complexity index is 552. The summed E-state index contributed by atoms with van der Waals surface area (Å²) in [5, 5.41) is 0.562. The minimum absolute atomic E-state index is 0.237. The second-order valence-electron chi connectivity index (χ2n) is 4.15. The number of nitrogen functional groups attached to an aromatic ring is 1. The molecule has 0 saturated carbocycles. The zero-order chi connectivity index (χ0) is 12.4. The molecular weight excluding hydrogens is 217 g/mol. The summed E-state index contributed by atoms with van der Waals surface area (Å²) >= 11 is 0. The normalized spacial score (nSPS) is 10.8. The van der Waals surface area contributed by atoms with Crippen LogP contribution in [0.1, 0.15) is 24.5 Å². The standard InChI is InChI=1S/C13H16FN3/c1-3-4-9-7-10-11(14)6-5-8(2)12(10)16-13(9)17-15/h5-7H,3-4,15H2,1-2H3,(H,16,17). The van der Waals surface area contributed by atoms with E-state index in [4.69, 9.17) is 5.84 Å². The van der Waals surface area contributed by atoms with Crippen LogP contribution in [0.25, 0.3) is 10.9 Å². The predicted octanol–water partition coefficient (Wildman–Crippen LogP) is 2.92. The van der Waals surface area contributed by atoms with E-state index in [0.717, 1.165) is 24.0 Å². The second-order valence-corrected chi connectivity index (χ2v) is 4.15. The van der Waals surface area contributed by atoms with Crippen LogP contribution in [0.3, 0.4) is 0 Å². The average molecular weight is 233 g/mol. The van der Waals surface area contributed by atoms with Gasteiger partial charge in [-0.3, -0.25) is 0 Å². The van der Waals surface area contributed by atoms with Crippen LogP contribution in [-0.4, -0.2) is 4.98 Å². The lowest BCUT2D eigenvalue weighted by atomic mass is 10.1. The average Bonchev–Trinajstić information content (AvgIpc) is 2.34. The summed E-state index contributed by atoms with van der Waals surface area (Å²) in [6.07, 6.45) is 1.80. The van der Waals surface area contributed by atoms with Crippen molar-refractivity contribution in [2.24, 2.45) is 5.84 Å². The summed E-state index contributed by atoms with van der Waals surface area (Å²) in [6.45, 7) is 3.98. The molecule has 0 unspecified atom stereocenters. The Morgan fingerprint density at radius 2 is 2.18 bits per heavy atom. The lowest BCUT2D eigenvalue weighted by Gasteiger charge is -2.11. The van der Waals surface area contributed by atoms with Crippen LogP contribution in [-0.2, 0) is 6.42 Å². The Morgan fingerprint density at radius 1 is 1.41 bits per heavy atom. The van der Waals surface area contributed by atoms with Crippen molar-refractivity contribution in [2.75, 3.05) is 5.43 Å². The first-order chi connectivity index (χ1) is 8.17. The molecule has 1 aromatic heterocycles. The van der Waals surface area contributed by atoms with Gasteiger partial charge < -0.3 is 5.43 Å². The van der Waals surface area contributed by atoms with Gasteiger partial charge in [0.15, 0.2) is 0 Å². The highest BCUT2D eigenvalue weighted by atomic mass is 19.1. The first-order valence-electron chi connectivity index (χ1n) is 5.72. The van der Waals surface area contributed by atoms with E-state index in [9.17, 15) is 4.39 Å². The molecule has 0 spiro atoms. The van der Waals surface area contributed by atoms with Gasteiger partial charge in [-0.25, -0.2) is 15.2 Å². The molecule has 0 aliphatic rings. The van der Waals surface area contributed by atoms with Crippen molar-refractivity contribution in [3.8, 4) is 0 Å². The monoisotopic (exact) mass is 233 g/mol. The van der Waals surface area contributed by atoms with Crippen LogP contribution in [0.2, 0.25) is 0 Å². The fourth-order valence-corrected chi connectivity index (χ4v) is 1.99. The zero-order valence-corrected chi connectivity index (χ0v) is 10.0. The van der Waals surface area contributed by atoms with Gasteiger partial charge in [-0.15, -0.1) is 0 Å². The van der Waals surface area contributed by atoms with Crippen LogP contribution in [0, 0.1) is 12.7 Å². The van der Waals surface area contributed by atoms with Crippen molar-refractivity contribution >= 4 is 16.7 Å². The number of fused-ring (bicyclic) bond motifs is 1. The van der Waals surface area contributed by atoms with Gasteiger partial charge in [0, 0.05) is 5.39 Å². The minimum Gasteiger partial charge on any atom is -0.308 e. The highest BCUT2D eigenvalue weighted by molar-refractivity contribution is 5.85. The summed E-state index contributed by atoms with van der Waals surface area (Å²) < 4.78 is 13.7. The quantitative estimate of drug-likeness (QED) is 0.633. The minimum atomic E-state index is -0.237. The molecule has 0 fully saturated rings. The maximum Gasteiger partial charge on any atom is 0.143 e.